The van der Waals surface area contributed by atoms with Crippen molar-refractivity contribution in [2.75, 3.05) is 44.8 Å². The van der Waals surface area contributed by atoms with Crippen molar-refractivity contribution in [2.45, 2.75) is 6.54 Å². The van der Waals surface area contributed by atoms with Gasteiger partial charge in [-0.05, 0) is 29.8 Å². The molecule has 0 aromatic heterocycles. The van der Waals surface area contributed by atoms with Gasteiger partial charge in [-0.25, -0.2) is 0 Å². The van der Waals surface area contributed by atoms with Crippen LogP contribution in [0.25, 0.3) is 0 Å². The van der Waals surface area contributed by atoms with Crippen molar-refractivity contribution in [2.24, 2.45) is 0 Å². The standard InChI is InChI=1S/C20H23N3O3/c24-20(13-21-17-4-2-1-3-5-17)23-10-8-22(9-11-23)14-16-6-7-18-19(12-16)26-15-25-18/h1-7,12,21H,8-11,13-15H2. The van der Waals surface area contributed by atoms with E-state index in [1.165, 1.54) is 5.56 Å². The highest BCUT2D eigenvalue weighted by Crippen LogP contribution is 2.32. The van der Waals surface area contributed by atoms with E-state index >= 15 is 0 Å². The van der Waals surface area contributed by atoms with Gasteiger partial charge in [0.1, 0.15) is 0 Å². The summed E-state index contributed by atoms with van der Waals surface area (Å²) >= 11 is 0. The molecule has 2 heterocycles. The normalized spacial score (nSPS) is 16.5. The Morgan fingerprint density at radius 2 is 1.73 bits per heavy atom. The summed E-state index contributed by atoms with van der Waals surface area (Å²) in [4.78, 5) is 16.7. The van der Waals surface area contributed by atoms with Crippen molar-refractivity contribution in [3.63, 3.8) is 0 Å². The van der Waals surface area contributed by atoms with Crippen LogP contribution in [0.5, 0.6) is 11.5 Å². The second kappa shape index (κ2) is 7.66. The summed E-state index contributed by atoms with van der Waals surface area (Å²) in [6, 6.07) is 15.9. The number of amides is 1. The predicted molar refractivity (Wildman–Crippen MR) is 99.4 cm³/mol. The fourth-order valence-electron chi connectivity index (χ4n) is 3.30. The van der Waals surface area contributed by atoms with Crippen LogP contribution in [0, 0.1) is 0 Å². The quantitative estimate of drug-likeness (QED) is 0.893. The van der Waals surface area contributed by atoms with E-state index in [0.717, 1.165) is 49.9 Å². The van der Waals surface area contributed by atoms with Crippen molar-refractivity contribution < 1.29 is 14.3 Å². The van der Waals surface area contributed by atoms with Crippen LogP contribution in [0.15, 0.2) is 48.5 Å². The molecule has 0 bridgehead atoms. The molecule has 2 aromatic rings. The van der Waals surface area contributed by atoms with Gasteiger partial charge in [-0.2, -0.15) is 0 Å². The van der Waals surface area contributed by atoms with E-state index in [-0.39, 0.29) is 5.91 Å². The highest BCUT2D eigenvalue weighted by Gasteiger charge is 2.21. The van der Waals surface area contributed by atoms with Crippen LogP contribution in [0.4, 0.5) is 5.69 Å². The molecule has 0 spiro atoms. The SMILES string of the molecule is O=C(CNc1ccccc1)N1CCN(Cc2ccc3c(c2)OCO3)CC1. The molecule has 1 saturated heterocycles. The number of piperazine rings is 1. The third-order valence-electron chi connectivity index (χ3n) is 4.79. The fraction of sp³-hybridized carbons (Fsp3) is 0.350. The zero-order chi connectivity index (χ0) is 17.8. The molecule has 26 heavy (non-hydrogen) atoms. The van der Waals surface area contributed by atoms with Crippen LogP contribution >= 0.6 is 0 Å². The minimum Gasteiger partial charge on any atom is -0.454 e. The van der Waals surface area contributed by atoms with Crippen LogP contribution in [-0.2, 0) is 11.3 Å². The molecule has 1 N–H and O–H groups in total. The molecule has 2 aromatic carbocycles. The Hall–Kier alpha value is -2.73. The number of nitrogens with zero attached hydrogens (tertiary/aromatic N) is 2. The summed E-state index contributed by atoms with van der Waals surface area (Å²) in [6.07, 6.45) is 0. The Labute approximate surface area is 153 Å². The van der Waals surface area contributed by atoms with E-state index in [1.54, 1.807) is 0 Å². The van der Waals surface area contributed by atoms with E-state index in [2.05, 4.69) is 16.3 Å². The molecular weight excluding hydrogens is 330 g/mol. The molecule has 0 saturated carbocycles. The van der Waals surface area contributed by atoms with E-state index in [1.807, 2.05) is 47.4 Å². The summed E-state index contributed by atoms with van der Waals surface area (Å²) in [5.74, 6) is 1.79. The number of rotatable bonds is 5. The number of carbonyl (C=O) groups excluding carboxylic acids is 1. The Balaban J connectivity index is 1.24. The molecule has 2 aliphatic heterocycles. The van der Waals surface area contributed by atoms with E-state index < -0.39 is 0 Å². The lowest BCUT2D eigenvalue weighted by molar-refractivity contribution is -0.131. The van der Waals surface area contributed by atoms with Crippen LogP contribution in [-0.4, -0.2) is 55.2 Å². The Morgan fingerprint density at radius 3 is 2.54 bits per heavy atom. The fourth-order valence-corrected chi connectivity index (χ4v) is 3.30. The summed E-state index contributed by atoms with van der Waals surface area (Å²) in [5, 5.41) is 3.19. The summed E-state index contributed by atoms with van der Waals surface area (Å²) in [5.41, 5.74) is 2.18. The zero-order valence-electron chi connectivity index (χ0n) is 14.7. The first-order valence-corrected chi connectivity index (χ1v) is 8.95. The number of para-hydroxylation sites is 1. The maximum absolute atomic E-state index is 12.4. The summed E-state index contributed by atoms with van der Waals surface area (Å²) in [7, 11) is 0. The van der Waals surface area contributed by atoms with Gasteiger partial charge in [0.15, 0.2) is 11.5 Å². The molecule has 2 aliphatic rings. The average molecular weight is 353 g/mol. The molecular formula is C20H23N3O3. The number of ether oxygens (including phenoxy) is 2. The number of carbonyl (C=O) groups is 1. The molecule has 4 rings (SSSR count). The minimum absolute atomic E-state index is 0.150. The zero-order valence-corrected chi connectivity index (χ0v) is 14.7. The number of benzene rings is 2. The van der Waals surface area contributed by atoms with Crippen LogP contribution in [0.2, 0.25) is 0 Å². The van der Waals surface area contributed by atoms with Crippen molar-refractivity contribution in [3.8, 4) is 11.5 Å². The first kappa shape index (κ1) is 16.7. The van der Waals surface area contributed by atoms with Gasteiger partial charge in [-0.1, -0.05) is 24.3 Å². The van der Waals surface area contributed by atoms with E-state index in [4.69, 9.17) is 9.47 Å². The van der Waals surface area contributed by atoms with Gasteiger partial charge in [0.25, 0.3) is 0 Å². The molecule has 0 aliphatic carbocycles. The van der Waals surface area contributed by atoms with Crippen LogP contribution in [0.3, 0.4) is 0 Å². The topological polar surface area (TPSA) is 54.0 Å². The lowest BCUT2D eigenvalue weighted by atomic mass is 10.1. The second-order valence-electron chi connectivity index (χ2n) is 6.56. The van der Waals surface area contributed by atoms with E-state index in [0.29, 0.717) is 13.3 Å². The maximum atomic E-state index is 12.4. The molecule has 0 atom stereocenters. The van der Waals surface area contributed by atoms with Crippen LogP contribution in [0.1, 0.15) is 5.56 Å². The summed E-state index contributed by atoms with van der Waals surface area (Å²) in [6.45, 7) is 4.79. The van der Waals surface area contributed by atoms with Gasteiger partial charge >= 0.3 is 0 Å². The molecule has 136 valence electrons. The van der Waals surface area contributed by atoms with Gasteiger partial charge in [0, 0.05) is 38.4 Å². The van der Waals surface area contributed by atoms with Crippen molar-refractivity contribution in [1.82, 2.24) is 9.80 Å². The molecule has 0 unspecified atom stereocenters. The minimum atomic E-state index is 0.150. The van der Waals surface area contributed by atoms with Gasteiger partial charge in [0.05, 0.1) is 6.54 Å². The maximum Gasteiger partial charge on any atom is 0.241 e. The lowest BCUT2D eigenvalue weighted by Crippen LogP contribution is -2.49. The lowest BCUT2D eigenvalue weighted by Gasteiger charge is -2.34. The number of hydrogen-bond acceptors (Lipinski definition) is 5. The van der Waals surface area contributed by atoms with Crippen molar-refractivity contribution in [1.29, 1.82) is 0 Å². The number of hydrogen-bond donors (Lipinski definition) is 1. The Kier molecular flexibility index (Phi) is 4.93. The van der Waals surface area contributed by atoms with E-state index in [9.17, 15) is 4.79 Å². The molecule has 0 radical (unpaired) electrons. The third-order valence-corrected chi connectivity index (χ3v) is 4.79. The molecule has 6 nitrogen and oxygen atoms in total. The average Bonchev–Trinajstić information content (AvgIpc) is 3.15. The first-order chi connectivity index (χ1) is 12.8. The predicted octanol–water partition coefficient (Wildman–Crippen LogP) is 2.17. The van der Waals surface area contributed by atoms with Crippen LogP contribution < -0.4 is 14.8 Å². The molecule has 1 amide bonds. The van der Waals surface area contributed by atoms with Gasteiger partial charge in [0.2, 0.25) is 12.7 Å². The van der Waals surface area contributed by atoms with Gasteiger partial charge in [-0.15, -0.1) is 0 Å². The monoisotopic (exact) mass is 353 g/mol. The second-order valence-corrected chi connectivity index (χ2v) is 6.56. The van der Waals surface area contributed by atoms with Crippen molar-refractivity contribution in [3.05, 3.63) is 54.1 Å². The first-order valence-electron chi connectivity index (χ1n) is 8.95. The highest BCUT2D eigenvalue weighted by atomic mass is 16.7. The number of anilines is 1. The highest BCUT2D eigenvalue weighted by molar-refractivity contribution is 5.81. The van der Waals surface area contributed by atoms with Gasteiger partial charge in [-0.3, -0.25) is 9.69 Å². The Morgan fingerprint density at radius 1 is 0.962 bits per heavy atom. The Bertz CT molecular complexity index is 758. The molecule has 1 fully saturated rings. The largest absolute Gasteiger partial charge is 0.454 e. The summed E-state index contributed by atoms with van der Waals surface area (Å²) < 4.78 is 10.8. The molecule has 6 heteroatoms. The van der Waals surface area contributed by atoms with Crippen molar-refractivity contribution >= 4 is 11.6 Å². The smallest absolute Gasteiger partial charge is 0.241 e. The number of nitrogens with one attached hydrogen (secondary N) is 1. The number of fused-ring (bicyclic) bond motifs is 1. The van der Waals surface area contributed by atoms with Gasteiger partial charge < -0.3 is 19.7 Å². The third kappa shape index (κ3) is 3.91.